The maximum absolute atomic E-state index is 11.9. The van der Waals surface area contributed by atoms with Crippen LogP contribution in [-0.2, 0) is 11.3 Å². The van der Waals surface area contributed by atoms with Crippen LogP contribution in [0.2, 0.25) is 0 Å². The van der Waals surface area contributed by atoms with Crippen LogP contribution in [0.15, 0.2) is 53.5 Å². The minimum Gasteiger partial charge on any atom is -0.508 e. The van der Waals surface area contributed by atoms with Gasteiger partial charge in [-0.3, -0.25) is 4.79 Å². The molecule has 1 unspecified atom stereocenters. The zero-order valence-corrected chi connectivity index (χ0v) is 17.6. The maximum Gasteiger partial charge on any atom is 0.225 e. The molecule has 0 saturated carbocycles. The lowest BCUT2D eigenvalue weighted by atomic mass is 9.90. The van der Waals surface area contributed by atoms with Gasteiger partial charge in [-0.1, -0.05) is 30.3 Å². The minimum absolute atomic E-state index is 0. The highest BCUT2D eigenvalue weighted by molar-refractivity contribution is 14.0. The number of phenols is 1. The fraction of sp³-hybridized carbons (Fsp3) is 0.300. The Balaban J connectivity index is 0.00000261. The quantitative estimate of drug-likeness (QED) is 0.301. The summed E-state index contributed by atoms with van der Waals surface area (Å²) in [5.41, 5.74) is 2.96. The van der Waals surface area contributed by atoms with Crippen molar-refractivity contribution in [2.45, 2.75) is 25.8 Å². The predicted molar refractivity (Wildman–Crippen MR) is 119 cm³/mol. The Morgan fingerprint density at radius 3 is 2.81 bits per heavy atom. The first-order valence-electron chi connectivity index (χ1n) is 8.84. The standard InChI is InChI=1S/C20H24N4O2.HI/c1-2-21-20(22-12-14-6-5-7-16(25)10-14)23-13-15-11-19(26)24-18-9-4-3-8-17(15)18;/h3-10,15,25H,2,11-13H2,1H3,(H,24,26)(H2,21,22,23);1H. The van der Waals surface area contributed by atoms with E-state index < -0.39 is 0 Å². The first-order chi connectivity index (χ1) is 12.7. The van der Waals surface area contributed by atoms with Crippen LogP contribution in [0.1, 0.15) is 30.4 Å². The number of halogens is 1. The van der Waals surface area contributed by atoms with E-state index in [2.05, 4.69) is 27.0 Å². The minimum atomic E-state index is 0. The van der Waals surface area contributed by atoms with Gasteiger partial charge in [-0.15, -0.1) is 24.0 Å². The fourth-order valence-electron chi connectivity index (χ4n) is 3.07. The Bertz CT molecular complexity index is 810. The number of hydrogen-bond donors (Lipinski definition) is 4. The van der Waals surface area contributed by atoms with Crippen LogP contribution in [0.25, 0.3) is 0 Å². The average molecular weight is 480 g/mol. The van der Waals surface area contributed by atoms with Crippen LogP contribution in [0.5, 0.6) is 5.75 Å². The second-order valence-corrected chi connectivity index (χ2v) is 6.28. The summed E-state index contributed by atoms with van der Waals surface area (Å²) in [6.45, 7) is 3.84. The first-order valence-corrected chi connectivity index (χ1v) is 8.84. The number of nitrogens with zero attached hydrogens (tertiary/aromatic N) is 1. The average Bonchev–Trinajstić information content (AvgIpc) is 2.63. The molecule has 2 aromatic carbocycles. The van der Waals surface area contributed by atoms with E-state index >= 15 is 0 Å². The molecule has 1 heterocycles. The molecule has 0 spiro atoms. The monoisotopic (exact) mass is 480 g/mol. The summed E-state index contributed by atoms with van der Waals surface area (Å²) in [7, 11) is 0. The molecule has 1 aliphatic heterocycles. The van der Waals surface area contributed by atoms with Crippen molar-refractivity contribution in [2.75, 3.05) is 18.4 Å². The van der Waals surface area contributed by atoms with Gasteiger partial charge in [-0.25, -0.2) is 4.99 Å². The lowest BCUT2D eigenvalue weighted by Gasteiger charge is -2.26. The molecular formula is C20H25IN4O2. The third-order valence-electron chi connectivity index (χ3n) is 4.30. The van der Waals surface area contributed by atoms with Gasteiger partial charge in [0.2, 0.25) is 5.91 Å². The van der Waals surface area contributed by atoms with E-state index in [-0.39, 0.29) is 41.6 Å². The normalized spacial score (nSPS) is 16.0. The molecule has 1 atom stereocenters. The summed E-state index contributed by atoms with van der Waals surface area (Å²) < 4.78 is 0. The van der Waals surface area contributed by atoms with Gasteiger partial charge in [0.05, 0.1) is 6.54 Å². The number of aromatic hydroxyl groups is 1. The Morgan fingerprint density at radius 1 is 1.22 bits per heavy atom. The molecule has 7 heteroatoms. The molecule has 4 N–H and O–H groups in total. The number of carbonyl (C=O) groups excluding carboxylic acids is 1. The number of amides is 1. The van der Waals surface area contributed by atoms with Gasteiger partial charge in [-0.2, -0.15) is 0 Å². The van der Waals surface area contributed by atoms with Gasteiger partial charge in [0, 0.05) is 31.1 Å². The SMILES string of the molecule is CCNC(=NCc1cccc(O)c1)NCC1CC(=O)Nc2ccccc21.I. The van der Waals surface area contributed by atoms with Gasteiger partial charge in [-0.05, 0) is 36.2 Å². The first kappa shape index (κ1) is 21.0. The topological polar surface area (TPSA) is 85.8 Å². The zero-order chi connectivity index (χ0) is 18.4. The van der Waals surface area contributed by atoms with Crippen molar-refractivity contribution in [3.05, 3.63) is 59.7 Å². The van der Waals surface area contributed by atoms with E-state index in [1.807, 2.05) is 31.2 Å². The van der Waals surface area contributed by atoms with Crippen LogP contribution in [0.3, 0.4) is 0 Å². The Morgan fingerprint density at radius 2 is 2.04 bits per heavy atom. The molecular weight excluding hydrogens is 455 g/mol. The summed E-state index contributed by atoms with van der Waals surface area (Å²) in [6, 6.07) is 15.0. The van der Waals surface area contributed by atoms with Crippen LogP contribution in [0, 0.1) is 0 Å². The lowest BCUT2D eigenvalue weighted by Crippen LogP contribution is -2.40. The lowest BCUT2D eigenvalue weighted by molar-refractivity contribution is -0.116. The molecule has 0 saturated heterocycles. The van der Waals surface area contributed by atoms with Crippen molar-refractivity contribution in [1.29, 1.82) is 0 Å². The molecule has 0 aromatic heterocycles. The molecule has 0 aliphatic carbocycles. The van der Waals surface area contributed by atoms with E-state index in [1.54, 1.807) is 18.2 Å². The number of benzene rings is 2. The van der Waals surface area contributed by atoms with Crippen LogP contribution >= 0.6 is 24.0 Å². The molecule has 6 nitrogen and oxygen atoms in total. The third-order valence-corrected chi connectivity index (χ3v) is 4.30. The largest absolute Gasteiger partial charge is 0.508 e. The summed E-state index contributed by atoms with van der Waals surface area (Å²) in [5.74, 6) is 1.07. The molecule has 0 fully saturated rings. The molecule has 27 heavy (non-hydrogen) atoms. The van der Waals surface area contributed by atoms with Gasteiger partial charge in [0.15, 0.2) is 5.96 Å². The van der Waals surface area contributed by atoms with Gasteiger partial charge >= 0.3 is 0 Å². The van der Waals surface area contributed by atoms with Crippen LogP contribution in [-0.4, -0.2) is 30.1 Å². The number of aliphatic imine (C=N–C) groups is 1. The van der Waals surface area contributed by atoms with Crippen LogP contribution in [0.4, 0.5) is 5.69 Å². The van der Waals surface area contributed by atoms with Crippen molar-refractivity contribution in [3.63, 3.8) is 0 Å². The van der Waals surface area contributed by atoms with E-state index in [0.29, 0.717) is 25.5 Å². The van der Waals surface area contributed by atoms with Crippen molar-refractivity contribution >= 4 is 41.5 Å². The van der Waals surface area contributed by atoms with Gasteiger partial charge in [0.1, 0.15) is 5.75 Å². The smallest absolute Gasteiger partial charge is 0.225 e. The number of guanidine groups is 1. The molecule has 2 aromatic rings. The Labute approximate surface area is 176 Å². The highest BCUT2D eigenvalue weighted by Gasteiger charge is 2.24. The molecule has 0 bridgehead atoms. The molecule has 144 valence electrons. The summed E-state index contributed by atoms with van der Waals surface area (Å²) >= 11 is 0. The fourth-order valence-corrected chi connectivity index (χ4v) is 3.07. The Kier molecular flexibility index (Phi) is 7.90. The third kappa shape index (κ3) is 5.85. The number of phenolic OH excluding ortho intramolecular Hbond substituents is 1. The van der Waals surface area contributed by atoms with Crippen molar-refractivity contribution in [1.82, 2.24) is 10.6 Å². The Hall–Kier alpha value is -2.29. The number of para-hydroxylation sites is 1. The number of anilines is 1. The van der Waals surface area contributed by atoms with E-state index in [9.17, 15) is 9.90 Å². The number of fused-ring (bicyclic) bond motifs is 1. The summed E-state index contributed by atoms with van der Waals surface area (Å²) in [5, 5.41) is 19.0. The highest BCUT2D eigenvalue weighted by atomic mass is 127. The molecule has 1 aliphatic rings. The summed E-state index contributed by atoms with van der Waals surface area (Å²) in [4.78, 5) is 16.5. The van der Waals surface area contributed by atoms with Gasteiger partial charge < -0.3 is 21.1 Å². The number of rotatable bonds is 5. The molecule has 3 rings (SSSR count). The van der Waals surface area contributed by atoms with Crippen molar-refractivity contribution < 1.29 is 9.90 Å². The highest BCUT2D eigenvalue weighted by Crippen LogP contribution is 2.31. The predicted octanol–water partition coefficient (Wildman–Crippen LogP) is 3.19. The maximum atomic E-state index is 11.9. The number of hydrogen-bond acceptors (Lipinski definition) is 3. The zero-order valence-electron chi connectivity index (χ0n) is 15.2. The van der Waals surface area contributed by atoms with Crippen molar-refractivity contribution in [3.8, 4) is 5.75 Å². The molecule has 1 amide bonds. The summed E-state index contributed by atoms with van der Waals surface area (Å²) in [6.07, 6.45) is 0.454. The second kappa shape index (κ2) is 10.1. The molecule has 0 radical (unpaired) electrons. The van der Waals surface area contributed by atoms with E-state index in [1.165, 1.54) is 0 Å². The second-order valence-electron chi connectivity index (χ2n) is 6.28. The van der Waals surface area contributed by atoms with Crippen LogP contribution < -0.4 is 16.0 Å². The van der Waals surface area contributed by atoms with Crippen molar-refractivity contribution in [2.24, 2.45) is 4.99 Å². The number of nitrogens with one attached hydrogen (secondary N) is 3. The van der Waals surface area contributed by atoms with E-state index in [4.69, 9.17) is 0 Å². The van der Waals surface area contributed by atoms with E-state index in [0.717, 1.165) is 23.4 Å². The number of carbonyl (C=O) groups is 1. The van der Waals surface area contributed by atoms with Gasteiger partial charge in [0.25, 0.3) is 0 Å².